The summed E-state index contributed by atoms with van der Waals surface area (Å²) in [6.45, 7) is 0. The molecule has 0 spiro atoms. The number of carbonyl (C=O) groups excluding carboxylic acids is 1. The minimum absolute atomic E-state index is 0.426. The van der Waals surface area contributed by atoms with Crippen LogP contribution in [0.15, 0.2) is 12.2 Å². The molecule has 0 heterocycles. The third kappa shape index (κ3) is 0.640. The third-order valence-electron chi connectivity index (χ3n) is 2.44. The Bertz CT molecular complexity index is 169. The van der Waals surface area contributed by atoms with Crippen LogP contribution < -0.4 is 0 Å². The summed E-state index contributed by atoms with van der Waals surface area (Å²) in [4.78, 5) is 10.8. The summed E-state index contributed by atoms with van der Waals surface area (Å²) in [7, 11) is 0. The average Bonchev–Trinajstić information content (AvgIpc) is 1.86. The maximum atomic E-state index is 10.8. The highest BCUT2D eigenvalue weighted by molar-refractivity contribution is 5.87. The first-order valence-corrected chi connectivity index (χ1v) is 3.55. The number of allylic oxidation sites excluding steroid dienone is 2. The van der Waals surface area contributed by atoms with Crippen molar-refractivity contribution in [3.63, 3.8) is 0 Å². The van der Waals surface area contributed by atoms with Crippen molar-refractivity contribution in [2.45, 2.75) is 19.3 Å². The van der Waals surface area contributed by atoms with Crippen LogP contribution in [-0.4, -0.2) is 5.78 Å². The monoisotopic (exact) mass is 122 g/mol. The second kappa shape index (κ2) is 1.69. The first kappa shape index (κ1) is 5.21. The van der Waals surface area contributed by atoms with Crippen LogP contribution in [-0.2, 0) is 4.79 Å². The van der Waals surface area contributed by atoms with Gasteiger partial charge in [-0.05, 0) is 18.8 Å². The fourth-order valence-electron chi connectivity index (χ4n) is 1.74. The molecule has 1 nitrogen and oxygen atoms in total. The Balaban J connectivity index is 2.12. The lowest BCUT2D eigenvalue weighted by Crippen LogP contribution is -2.37. The summed E-state index contributed by atoms with van der Waals surface area (Å²) in [5.41, 5.74) is 0. The number of hydrogen-bond donors (Lipinski definition) is 0. The van der Waals surface area contributed by atoms with Gasteiger partial charge in [-0.25, -0.2) is 0 Å². The summed E-state index contributed by atoms with van der Waals surface area (Å²) in [5.74, 6) is 1.64. The molecule has 0 unspecified atom stereocenters. The minimum Gasteiger partial charge on any atom is -0.299 e. The van der Waals surface area contributed by atoms with Crippen molar-refractivity contribution >= 4 is 5.78 Å². The second-order valence-corrected chi connectivity index (χ2v) is 2.98. The second-order valence-electron chi connectivity index (χ2n) is 2.98. The molecule has 2 aliphatic carbocycles. The molecule has 9 heavy (non-hydrogen) atoms. The normalized spacial score (nSPS) is 39.8. The van der Waals surface area contributed by atoms with E-state index in [9.17, 15) is 4.79 Å². The van der Waals surface area contributed by atoms with E-state index >= 15 is 0 Å². The van der Waals surface area contributed by atoms with E-state index in [0.29, 0.717) is 11.7 Å². The van der Waals surface area contributed by atoms with Crippen molar-refractivity contribution < 1.29 is 4.79 Å². The number of rotatable bonds is 0. The Morgan fingerprint density at radius 3 is 2.67 bits per heavy atom. The highest BCUT2D eigenvalue weighted by atomic mass is 16.1. The average molecular weight is 122 g/mol. The molecule has 0 aromatic carbocycles. The predicted octanol–water partition coefficient (Wildman–Crippen LogP) is 1.54. The number of ketones is 1. The van der Waals surface area contributed by atoms with E-state index in [1.807, 2.05) is 0 Å². The first-order valence-electron chi connectivity index (χ1n) is 3.55. The molecule has 2 rings (SSSR count). The van der Waals surface area contributed by atoms with E-state index in [0.717, 1.165) is 25.2 Å². The van der Waals surface area contributed by atoms with E-state index in [-0.39, 0.29) is 0 Å². The zero-order chi connectivity index (χ0) is 6.27. The van der Waals surface area contributed by atoms with Gasteiger partial charge in [0.15, 0.2) is 0 Å². The van der Waals surface area contributed by atoms with Crippen LogP contribution in [0, 0.1) is 11.8 Å². The van der Waals surface area contributed by atoms with E-state index < -0.39 is 0 Å². The maximum Gasteiger partial charge on any atom is 0.136 e. The van der Waals surface area contributed by atoms with Crippen LogP contribution in [0.3, 0.4) is 0 Å². The Morgan fingerprint density at radius 2 is 2.11 bits per heavy atom. The highest BCUT2D eigenvalue weighted by Gasteiger charge is 2.38. The molecular weight excluding hydrogens is 112 g/mol. The molecule has 0 N–H and O–H groups in total. The largest absolute Gasteiger partial charge is 0.299 e. The zero-order valence-electron chi connectivity index (χ0n) is 5.34. The molecule has 0 aromatic rings. The van der Waals surface area contributed by atoms with Crippen molar-refractivity contribution in [3.8, 4) is 0 Å². The number of fused-ring (bicyclic) bond motifs is 1. The first-order chi connectivity index (χ1) is 4.38. The van der Waals surface area contributed by atoms with Crippen molar-refractivity contribution in [2.75, 3.05) is 0 Å². The van der Waals surface area contributed by atoms with Crippen LogP contribution in [0.2, 0.25) is 0 Å². The van der Waals surface area contributed by atoms with Crippen LogP contribution in [0.25, 0.3) is 0 Å². The lowest BCUT2D eigenvalue weighted by Gasteiger charge is -2.35. The standard InChI is InChI=1S/C8H10O/c9-8-5-6-3-1-2-4-7(6)8/h1-2,6-7H,3-5H2/t6-,7-/m0/s1. The van der Waals surface area contributed by atoms with Gasteiger partial charge in [-0.2, -0.15) is 0 Å². The number of hydrogen-bond acceptors (Lipinski definition) is 1. The van der Waals surface area contributed by atoms with Gasteiger partial charge in [-0.3, -0.25) is 4.79 Å². The van der Waals surface area contributed by atoms with Gasteiger partial charge < -0.3 is 0 Å². The maximum absolute atomic E-state index is 10.8. The Labute approximate surface area is 54.8 Å². The van der Waals surface area contributed by atoms with Crippen LogP contribution in [0.1, 0.15) is 19.3 Å². The lowest BCUT2D eigenvalue weighted by molar-refractivity contribution is -0.134. The van der Waals surface area contributed by atoms with Crippen LogP contribution in [0.5, 0.6) is 0 Å². The van der Waals surface area contributed by atoms with Gasteiger partial charge in [0.2, 0.25) is 0 Å². The smallest absolute Gasteiger partial charge is 0.136 e. The fraction of sp³-hybridized carbons (Fsp3) is 0.625. The molecule has 0 aromatic heterocycles. The van der Waals surface area contributed by atoms with Gasteiger partial charge in [-0.1, -0.05) is 12.2 Å². The van der Waals surface area contributed by atoms with Gasteiger partial charge in [0.1, 0.15) is 5.78 Å². The molecule has 0 aliphatic heterocycles. The molecule has 0 saturated heterocycles. The third-order valence-corrected chi connectivity index (χ3v) is 2.44. The molecule has 1 heteroatoms. The van der Waals surface area contributed by atoms with Crippen molar-refractivity contribution in [2.24, 2.45) is 11.8 Å². The molecule has 1 saturated carbocycles. The van der Waals surface area contributed by atoms with Crippen LogP contribution in [0.4, 0.5) is 0 Å². The molecule has 48 valence electrons. The SMILES string of the molecule is O=C1C[C@@H]2CC=CC[C@H]12. The molecule has 0 amide bonds. The molecule has 2 atom stereocenters. The number of Topliss-reactive ketones (excluding diaryl/α,β-unsaturated/α-hetero) is 1. The van der Waals surface area contributed by atoms with E-state index in [1.54, 1.807) is 0 Å². The summed E-state index contributed by atoms with van der Waals surface area (Å²) in [5, 5.41) is 0. The van der Waals surface area contributed by atoms with Crippen molar-refractivity contribution in [1.82, 2.24) is 0 Å². The fourth-order valence-corrected chi connectivity index (χ4v) is 1.74. The summed E-state index contributed by atoms with van der Waals surface area (Å²) in [6.07, 6.45) is 7.36. The summed E-state index contributed by atoms with van der Waals surface area (Å²) in [6, 6.07) is 0. The van der Waals surface area contributed by atoms with Crippen molar-refractivity contribution in [3.05, 3.63) is 12.2 Å². The predicted molar refractivity (Wildman–Crippen MR) is 35.0 cm³/mol. The Morgan fingerprint density at radius 1 is 1.33 bits per heavy atom. The Kier molecular flexibility index (Phi) is 0.981. The van der Waals surface area contributed by atoms with E-state index in [4.69, 9.17) is 0 Å². The topological polar surface area (TPSA) is 17.1 Å². The highest BCUT2D eigenvalue weighted by Crippen LogP contribution is 2.38. The van der Waals surface area contributed by atoms with Gasteiger partial charge in [0.25, 0.3) is 0 Å². The molecule has 0 bridgehead atoms. The molecular formula is C8H10O. The van der Waals surface area contributed by atoms with Crippen LogP contribution >= 0.6 is 0 Å². The van der Waals surface area contributed by atoms with E-state index in [2.05, 4.69) is 12.2 Å². The van der Waals surface area contributed by atoms with Gasteiger partial charge in [0, 0.05) is 12.3 Å². The van der Waals surface area contributed by atoms with E-state index in [1.165, 1.54) is 0 Å². The zero-order valence-corrected chi connectivity index (χ0v) is 5.34. The lowest BCUT2D eigenvalue weighted by atomic mass is 9.67. The molecule has 2 aliphatic rings. The van der Waals surface area contributed by atoms with Gasteiger partial charge in [0.05, 0.1) is 0 Å². The molecule has 0 radical (unpaired) electrons. The van der Waals surface area contributed by atoms with Gasteiger partial charge in [-0.15, -0.1) is 0 Å². The van der Waals surface area contributed by atoms with Gasteiger partial charge >= 0.3 is 0 Å². The quantitative estimate of drug-likeness (QED) is 0.445. The number of carbonyl (C=O) groups is 1. The summed E-state index contributed by atoms with van der Waals surface area (Å²) < 4.78 is 0. The minimum atomic E-state index is 0.426. The molecule has 1 fully saturated rings. The van der Waals surface area contributed by atoms with Crippen molar-refractivity contribution in [1.29, 1.82) is 0 Å². The summed E-state index contributed by atoms with van der Waals surface area (Å²) >= 11 is 0. The Hall–Kier alpha value is -0.590.